The number of allylic oxidation sites excluding steroid dienone is 2. The number of nitrogens with zero attached hydrogens (tertiary/aromatic N) is 1. The molecule has 2 bridgehead atoms. The minimum atomic E-state index is -0.417. The summed E-state index contributed by atoms with van der Waals surface area (Å²) in [6.45, 7) is -0.258. The van der Waals surface area contributed by atoms with Crippen molar-refractivity contribution in [1.29, 1.82) is 0 Å². The average Bonchev–Trinajstić information content (AvgIpc) is 3.39. The van der Waals surface area contributed by atoms with Crippen LogP contribution in [0, 0.1) is 35.5 Å². The number of hydrogen-bond acceptors (Lipinski definition) is 3. The van der Waals surface area contributed by atoms with Crippen molar-refractivity contribution in [1.82, 2.24) is 4.90 Å². The first-order valence-electron chi connectivity index (χ1n) is 8.74. The summed E-state index contributed by atoms with van der Waals surface area (Å²) in [4.78, 5) is 39.3. The lowest BCUT2D eigenvalue weighted by Gasteiger charge is -2.37. The van der Waals surface area contributed by atoms with E-state index in [0.29, 0.717) is 22.5 Å². The van der Waals surface area contributed by atoms with Gasteiger partial charge in [0.15, 0.2) is 0 Å². The minimum absolute atomic E-state index is 0.167. The number of nitrogens with one attached hydrogen (secondary N) is 1. The smallest absolute Gasteiger partial charge is 0.244 e. The Bertz CT molecular complexity index is 850. The number of imide groups is 1. The summed E-state index contributed by atoms with van der Waals surface area (Å²) in [6, 6.07) is 5.11. The molecule has 6 rings (SSSR count). The molecule has 3 fully saturated rings. The zero-order valence-electron chi connectivity index (χ0n) is 13.7. The Kier molecular flexibility index (Phi) is 3.60. The summed E-state index contributed by atoms with van der Waals surface area (Å²) < 4.78 is 0.802. The molecule has 1 heterocycles. The first-order chi connectivity index (χ1) is 12.5. The van der Waals surface area contributed by atoms with Crippen LogP contribution in [-0.4, -0.2) is 29.2 Å². The Labute approximate surface area is 163 Å². The van der Waals surface area contributed by atoms with Crippen molar-refractivity contribution in [2.24, 2.45) is 35.5 Å². The fourth-order valence-electron chi connectivity index (χ4n) is 5.10. The van der Waals surface area contributed by atoms with E-state index in [1.54, 1.807) is 18.2 Å². The molecule has 134 valence electrons. The molecule has 0 aromatic heterocycles. The first kappa shape index (κ1) is 16.5. The average molecular weight is 436 g/mol. The molecule has 0 radical (unpaired) electrons. The fourth-order valence-corrected chi connectivity index (χ4v) is 5.82. The highest BCUT2D eigenvalue weighted by Gasteiger charge is 2.67. The molecule has 5 nitrogen and oxygen atoms in total. The van der Waals surface area contributed by atoms with Crippen LogP contribution in [0.4, 0.5) is 5.69 Å². The van der Waals surface area contributed by atoms with Crippen LogP contribution in [0.5, 0.6) is 0 Å². The summed E-state index contributed by atoms with van der Waals surface area (Å²) in [5, 5.41) is 3.08. The van der Waals surface area contributed by atoms with Crippen LogP contribution < -0.4 is 5.32 Å². The molecule has 0 unspecified atom stereocenters. The summed E-state index contributed by atoms with van der Waals surface area (Å²) in [7, 11) is 0. The van der Waals surface area contributed by atoms with Gasteiger partial charge < -0.3 is 5.32 Å². The number of carbonyl (C=O) groups is 3. The zero-order valence-corrected chi connectivity index (χ0v) is 16.0. The lowest BCUT2D eigenvalue weighted by Crippen LogP contribution is -2.40. The van der Waals surface area contributed by atoms with Crippen LogP contribution in [0.1, 0.15) is 6.42 Å². The molecule has 0 spiro atoms. The molecule has 26 heavy (non-hydrogen) atoms. The topological polar surface area (TPSA) is 66.5 Å². The van der Waals surface area contributed by atoms with Crippen LogP contribution in [0.15, 0.2) is 34.8 Å². The van der Waals surface area contributed by atoms with Gasteiger partial charge in [-0.1, -0.05) is 39.7 Å². The first-order valence-corrected chi connectivity index (χ1v) is 9.91. The summed E-state index contributed by atoms with van der Waals surface area (Å²) in [6.07, 6.45) is 5.37. The second kappa shape index (κ2) is 5.67. The van der Waals surface area contributed by atoms with E-state index in [0.717, 1.165) is 15.8 Å². The molecule has 2 saturated carbocycles. The van der Waals surface area contributed by atoms with Gasteiger partial charge in [-0.05, 0) is 48.3 Å². The maximum Gasteiger partial charge on any atom is 0.244 e. The van der Waals surface area contributed by atoms with Crippen LogP contribution in [0.25, 0.3) is 0 Å². The molecule has 1 saturated heterocycles. The fraction of sp³-hybridized carbons (Fsp3) is 0.421. The molecule has 1 N–H and O–H groups in total. The van der Waals surface area contributed by atoms with Crippen LogP contribution in [0.3, 0.4) is 0 Å². The molecule has 1 aliphatic heterocycles. The normalized spacial score (nSPS) is 36.2. The van der Waals surface area contributed by atoms with Gasteiger partial charge in [-0.2, -0.15) is 0 Å². The van der Waals surface area contributed by atoms with Gasteiger partial charge in [0.05, 0.1) is 22.5 Å². The molecule has 6 atom stereocenters. The van der Waals surface area contributed by atoms with Gasteiger partial charge in [-0.25, -0.2) is 0 Å². The van der Waals surface area contributed by atoms with Crippen LogP contribution in [-0.2, 0) is 14.4 Å². The monoisotopic (exact) mass is 434 g/mol. The quantitative estimate of drug-likeness (QED) is 0.586. The second-order valence-electron chi connectivity index (χ2n) is 7.59. The highest BCUT2D eigenvalue weighted by atomic mass is 79.9. The molecule has 1 aromatic rings. The maximum absolute atomic E-state index is 12.9. The van der Waals surface area contributed by atoms with Crippen molar-refractivity contribution in [2.45, 2.75) is 6.42 Å². The van der Waals surface area contributed by atoms with E-state index in [2.05, 4.69) is 33.4 Å². The van der Waals surface area contributed by atoms with Gasteiger partial charge in [-0.3, -0.25) is 19.3 Å². The molecule has 5 aliphatic rings. The van der Waals surface area contributed by atoms with E-state index in [9.17, 15) is 14.4 Å². The highest BCUT2D eigenvalue weighted by Crippen LogP contribution is 2.65. The molecule has 1 aromatic carbocycles. The SMILES string of the molecule is O=C(CN1C(=O)[C@@H]2[C@@H]3C=C[C@H]([C@H]4C[C@@H]34)[C@@H]2C1=O)Nc1ccc(Br)cc1Cl. The lowest BCUT2D eigenvalue weighted by atomic mass is 9.63. The summed E-state index contributed by atoms with van der Waals surface area (Å²) >= 11 is 9.42. The van der Waals surface area contributed by atoms with Gasteiger partial charge in [0.1, 0.15) is 6.54 Å². The van der Waals surface area contributed by atoms with E-state index >= 15 is 0 Å². The predicted molar refractivity (Wildman–Crippen MR) is 99.2 cm³/mol. The number of carbonyl (C=O) groups excluding carboxylic acids is 3. The predicted octanol–water partition coefficient (Wildman–Crippen LogP) is 3.09. The van der Waals surface area contributed by atoms with Crippen LogP contribution >= 0.6 is 27.5 Å². The number of halogens is 2. The Balaban J connectivity index is 1.33. The largest absolute Gasteiger partial charge is 0.323 e. The molecular weight excluding hydrogens is 420 g/mol. The molecule has 4 aliphatic carbocycles. The summed E-state index contributed by atoms with van der Waals surface area (Å²) in [5.74, 6) is 0.0942. The number of benzene rings is 1. The van der Waals surface area contributed by atoms with Crippen molar-refractivity contribution in [3.8, 4) is 0 Å². The van der Waals surface area contributed by atoms with Crippen molar-refractivity contribution in [3.63, 3.8) is 0 Å². The number of rotatable bonds is 3. The number of amides is 3. The molecule has 3 amide bonds. The number of hydrogen-bond donors (Lipinski definition) is 1. The standard InChI is InChI=1S/C19H16BrClN2O3/c20-8-1-4-14(13(21)5-8)22-15(24)7-23-18(25)16-9-2-3-10(12-6-11(9)12)17(16)19(23)26/h1-5,9-12,16-17H,6-7H2,(H,22,24)/t9-,10-,11-,12+,16+,17-/m1/s1. The third kappa shape index (κ3) is 2.31. The highest BCUT2D eigenvalue weighted by molar-refractivity contribution is 9.10. The van der Waals surface area contributed by atoms with Gasteiger partial charge in [0.25, 0.3) is 0 Å². The third-order valence-corrected chi connectivity index (χ3v) is 7.07. The number of anilines is 1. The Morgan fingerprint density at radius 3 is 2.35 bits per heavy atom. The number of likely N-dealkylation sites (tertiary alicyclic amines) is 1. The van der Waals surface area contributed by atoms with E-state index in [4.69, 9.17) is 11.6 Å². The van der Waals surface area contributed by atoms with Crippen molar-refractivity contribution < 1.29 is 14.4 Å². The van der Waals surface area contributed by atoms with Crippen molar-refractivity contribution >= 4 is 50.9 Å². The lowest BCUT2D eigenvalue weighted by molar-refractivity contribution is -0.142. The third-order valence-electron chi connectivity index (χ3n) is 6.26. The van der Waals surface area contributed by atoms with Gasteiger partial charge in [0.2, 0.25) is 17.7 Å². The second-order valence-corrected chi connectivity index (χ2v) is 8.91. The molecular formula is C19H16BrClN2O3. The Morgan fingerprint density at radius 1 is 1.15 bits per heavy atom. The van der Waals surface area contributed by atoms with Gasteiger partial charge in [-0.15, -0.1) is 0 Å². The van der Waals surface area contributed by atoms with Gasteiger partial charge >= 0.3 is 0 Å². The Morgan fingerprint density at radius 2 is 1.77 bits per heavy atom. The van der Waals surface area contributed by atoms with E-state index in [1.165, 1.54) is 0 Å². The van der Waals surface area contributed by atoms with Crippen molar-refractivity contribution in [2.75, 3.05) is 11.9 Å². The minimum Gasteiger partial charge on any atom is -0.323 e. The van der Waals surface area contributed by atoms with E-state index < -0.39 is 5.91 Å². The Hall–Kier alpha value is -1.66. The molecule has 7 heteroatoms. The van der Waals surface area contributed by atoms with Crippen molar-refractivity contribution in [3.05, 3.63) is 39.8 Å². The van der Waals surface area contributed by atoms with Crippen LogP contribution in [0.2, 0.25) is 5.02 Å². The van der Waals surface area contributed by atoms with Gasteiger partial charge in [0, 0.05) is 4.47 Å². The van der Waals surface area contributed by atoms with E-state index in [1.807, 2.05) is 0 Å². The van der Waals surface area contributed by atoms with E-state index in [-0.39, 0.29) is 42.0 Å². The maximum atomic E-state index is 12.9. The zero-order chi connectivity index (χ0) is 18.2. The summed E-state index contributed by atoms with van der Waals surface area (Å²) in [5.41, 5.74) is 0.458.